The zero-order chi connectivity index (χ0) is 21.7. The number of hydrogen-bond acceptors (Lipinski definition) is 5. The first kappa shape index (κ1) is 20.1. The lowest BCUT2D eigenvalue weighted by atomic mass is 9.92. The van der Waals surface area contributed by atoms with Crippen LogP contribution < -0.4 is 10.2 Å². The molecule has 0 bridgehead atoms. The summed E-state index contributed by atoms with van der Waals surface area (Å²) < 4.78 is 13.8. The van der Waals surface area contributed by atoms with Crippen LogP contribution in [0.15, 0.2) is 75.6 Å². The van der Waals surface area contributed by atoms with Crippen molar-refractivity contribution in [2.45, 2.75) is 38.1 Å². The molecule has 0 radical (unpaired) electrons. The molecule has 0 amide bonds. The molecule has 1 fully saturated rings. The number of benzene rings is 2. The minimum atomic E-state index is -0.390. The number of ether oxygens (including phenoxy) is 1. The van der Waals surface area contributed by atoms with Gasteiger partial charge in [-0.25, -0.2) is 0 Å². The van der Waals surface area contributed by atoms with E-state index in [4.69, 9.17) is 9.15 Å². The smallest absolute Gasteiger partial charge is 0.182 e. The molecule has 4 heterocycles. The molecule has 1 unspecified atom stereocenters. The molecule has 164 valence electrons. The Balaban J connectivity index is 1.29. The maximum atomic E-state index is 6.77. The lowest BCUT2D eigenvalue weighted by Gasteiger charge is -2.51. The van der Waals surface area contributed by atoms with Crippen molar-refractivity contribution in [1.29, 1.82) is 0 Å². The van der Waals surface area contributed by atoms with E-state index in [1.165, 1.54) is 11.1 Å². The first-order chi connectivity index (χ1) is 15.6. The van der Waals surface area contributed by atoms with Gasteiger partial charge < -0.3 is 14.6 Å². The topological polar surface area (TPSA) is 40.9 Å². The van der Waals surface area contributed by atoms with E-state index in [-0.39, 0.29) is 6.04 Å². The summed E-state index contributed by atoms with van der Waals surface area (Å²) in [5, 5.41) is 2.31. The van der Waals surface area contributed by atoms with Gasteiger partial charge in [0.15, 0.2) is 11.5 Å². The lowest BCUT2D eigenvalue weighted by Crippen LogP contribution is -2.63. The number of halogens is 1. The van der Waals surface area contributed by atoms with Gasteiger partial charge in [0.05, 0.1) is 11.7 Å². The normalized spacial score (nSPS) is 22.1. The highest BCUT2D eigenvalue weighted by Gasteiger charge is 2.51. The highest BCUT2D eigenvalue weighted by atomic mass is 79.9. The van der Waals surface area contributed by atoms with Crippen LogP contribution >= 0.6 is 15.9 Å². The van der Waals surface area contributed by atoms with Crippen molar-refractivity contribution in [2.75, 3.05) is 13.1 Å². The van der Waals surface area contributed by atoms with Gasteiger partial charge in [0.25, 0.3) is 0 Å². The maximum absolute atomic E-state index is 6.77. The van der Waals surface area contributed by atoms with Crippen LogP contribution in [0, 0.1) is 6.92 Å². The summed E-state index contributed by atoms with van der Waals surface area (Å²) in [6.07, 6.45) is 4.12. The minimum Gasteiger partial charge on any atom is -0.470 e. The largest absolute Gasteiger partial charge is 0.470 e. The standard InChI is InChI=1S/C26H26BrN3O2/c1-18-7-9-25(31-18)22-16-23-21-15-20(27)8-10-24(21)32-26(30(23)28-22)11-13-29(14-12-26)17-19-5-3-2-4-6-19/h2-10,15-16,23,28H,11-14,17H2,1H3. The second kappa shape index (κ2) is 7.80. The molecule has 1 spiro atoms. The molecule has 5 nitrogen and oxygen atoms in total. The number of furan rings is 1. The number of piperidine rings is 1. The molecule has 3 aliphatic rings. The molecule has 3 aliphatic heterocycles. The lowest BCUT2D eigenvalue weighted by molar-refractivity contribution is -0.160. The molecule has 6 rings (SSSR count). The number of hydrazine groups is 1. The van der Waals surface area contributed by atoms with Gasteiger partial charge in [-0.1, -0.05) is 46.3 Å². The van der Waals surface area contributed by atoms with E-state index >= 15 is 0 Å². The average molecular weight is 492 g/mol. The molecule has 3 aromatic rings. The Bertz CT molecular complexity index is 1160. The number of hydrogen-bond donors (Lipinski definition) is 1. The molecule has 6 heteroatoms. The van der Waals surface area contributed by atoms with Gasteiger partial charge in [0.2, 0.25) is 0 Å². The predicted molar refractivity (Wildman–Crippen MR) is 128 cm³/mol. The van der Waals surface area contributed by atoms with Crippen LogP contribution in [-0.2, 0) is 6.54 Å². The van der Waals surface area contributed by atoms with E-state index in [1.807, 2.05) is 19.1 Å². The fourth-order valence-electron chi connectivity index (χ4n) is 5.11. The Hall–Kier alpha value is -2.54. The molecule has 0 aliphatic carbocycles. The zero-order valence-electron chi connectivity index (χ0n) is 18.1. The molecule has 2 aromatic carbocycles. The molecule has 0 saturated carbocycles. The molecular weight excluding hydrogens is 466 g/mol. The van der Waals surface area contributed by atoms with Crippen molar-refractivity contribution in [3.05, 3.63) is 93.9 Å². The summed E-state index contributed by atoms with van der Waals surface area (Å²) in [6, 6.07) is 21.2. The summed E-state index contributed by atoms with van der Waals surface area (Å²) in [4.78, 5) is 2.52. The predicted octanol–water partition coefficient (Wildman–Crippen LogP) is 5.64. The second-order valence-electron chi connectivity index (χ2n) is 8.91. The van der Waals surface area contributed by atoms with Crippen LogP contribution in [0.3, 0.4) is 0 Å². The summed E-state index contributed by atoms with van der Waals surface area (Å²) in [6.45, 7) is 4.93. The third-order valence-electron chi connectivity index (χ3n) is 6.77. The molecule has 32 heavy (non-hydrogen) atoms. The summed E-state index contributed by atoms with van der Waals surface area (Å²) in [7, 11) is 0. The van der Waals surface area contributed by atoms with E-state index in [0.29, 0.717) is 0 Å². The number of likely N-dealkylation sites (tertiary alicyclic amines) is 1. The molecule has 1 atom stereocenters. The van der Waals surface area contributed by atoms with Crippen molar-refractivity contribution in [3.8, 4) is 5.75 Å². The zero-order valence-corrected chi connectivity index (χ0v) is 19.6. The SMILES string of the molecule is Cc1ccc(C2=CC3c4cc(Br)ccc4OC4(CCN(Cc5ccccc5)CC4)N3N2)o1. The second-order valence-corrected chi connectivity index (χ2v) is 9.83. The van der Waals surface area contributed by atoms with Gasteiger partial charge >= 0.3 is 0 Å². The van der Waals surface area contributed by atoms with Crippen LogP contribution in [0.5, 0.6) is 5.75 Å². The van der Waals surface area contributed by atoms with Crippen LogP contribution in [0.1, 0.15) is 41.5 Å². The molecule has 1 N–H and O–H groups in total. The maximum Gasteiger partial charge on any atom is 0.182 e. The first-order valence-corrected chi connectivity index (χ1v) is 12.0. The first-order valence-electron chi connectivity index (χ1n) is 11.2. The van der Waals surface area contributed by atoms with Crippen LogP contribution in [-0.4, -0.2) is 28.7 Å². The van der Waals surface area contributed by atoms with E-state index in [1.54, 1.807) is 0 Å². The third kappa shape index (κ3) is 3.47. The Morgan fingerprint density at radius 1 is 1.06 bits per heavy atom. The number of fused-ring (bicyclic) bond motifs is 4. The highest BCUT2D eigenvalue weighted by Crippen LogP contribution is 2.49. The fraction of sp³-hybridized carbons (Fsp3) is 0.308. The van der Waals surface area contributed by atoms with E-state index in [0.717, 1.165) is 59.9 Å². The van der Waals surface area contributed by atoms with Crippen molar-refractivity contribution in [3.63, 3.8) is 0 Å². The average Bonchev–Trinajstić information content (AvgIpc) is 3.44. The van der Waals surface area contributed by atoms with Crippen LogP contribution in [0.2, 0.25) is 0 Å². The third-order valence-corrected chi connectivity index (χ3v) is 7.26. The van der Waals surface area contributed by atoms with Crippen LogP contribution in [0.25, 0.3) is 5.70 Å². The van der Waals surface area contributed by atoms with Crippen LogP contribution in [0.4, 0.5) is 0 Å². The van der Waals surface area contributed by atoms with Crippen molar-refractivity contribution in [2.24, 2.45) is 0 Å². The monoisotopic (exact) mass is 491 g/mol. The fourth-order valence-corrected chi connectivity index (χ4v) is 5.49. The van der Waals surface area contributed by atoms with Crippen molar-refractivity contribution in [1.82, 2.24) is 15.3 Å². The van der Waals surface area contributed by atoms with E-state index in [9.17, 15) is 0 Å². The van der Waals surface area contributed by atoms with Gasteiger partial charge in [-0.05, 0) is 48.9 Å². The summed E-state index contributed by atoms with van der Waals surface area (Å²) in [5.74, 6) is 2.75. The molecule has 1 saturated heterocycles. The highest BCUT2D eigenvalue weighted by molar-refractivity contribution is 9.10. The summed E-state index contributed by atoms with van der Waals surface area (Å²) >= 11 is 3.64. The Kier molecular flexibility index (Phi) is 4.90. The number of aryl methyl sites for hydroxylation is 1. The van der Waals surface area contributed by atoms with E-state index in [2.05, 4.69) is 85.9 Å². The summed E-state index contributed by atoms with van der Waals surface area (Å²) in [5.41, 5.74) is 6.79. The molecular formula is C26H26BrN3O2. The minimum absolute atomic E-state index is 0.0947. The van der Waals surface area contributed by atoms with Crippen molar-refractivity contribution >= 4 is 21.6 Å². The van der Waals surface area contributed by atoms with Gasteiger partial charge in [0, 0.05) is 42.5 Å². The Labute approximate surface area is 196 Å². The Morgan fingerprint density at radius 2 is 1.88 bits per heavy atom. The Morgan fingerprint density at radius 3 is 2.62 bits per heavy atom. The van der Waals surface area contributed by atoms with Gasteiger partial charge in [-0.15, -0.1) is 0 Å². The van der Waals surface area contributed by atoms with Crippen molar-refractivity contribution < 1.29 is 9.15 Å². The van der Waals surface area contributed by atoms with Gasteiger partial charge in [-0.2, -0.15) is 5.01 Å². The molecule has 1 aromatic heterocycles. The number of nitrogens with one attached hydrogen (secondary N) is 1. The van der Waals surface area contributed by atoms with E-state index < -0.39 is 5.72 Å². The quantitative estimate of drug-likeness (QED) is 0.513. The number of nitrogens with zero attached hydrogens (tertiary/aromatic N) is 2. The van der Waals surface area contributed by atoms with Gasteiger partial charge in [0.1, 0.15) is 11.5 Å². The van der Waals surface area contributed by atoms with Gasteiger partial charge in [-0.3, -0.25) is 4.90 Å². The number of rotatable bonds is 3.